The lowest BCUT2D eigenvalue weighted by atomic mass is 9.42. The fourth-order valence-electron chi connectivity index (χ4n) is 15.0. The first kappa shape index (κ1) is 48.8. The molecule has 0 aromatic heterocycles. The predicted octanol–water partition coefficient (Wildman–Crippen LogP) is 18.7. The Balaban J connectivity index is 1.07. The van der Waals surface area contributed by atoms with E-state index < -0.39 is 5.41 Å². The minimum Gasteiger partial charge on any atom is -0.376 e. The molecule has 3 aliphatic heterocycles. The molecule has 0 N–H and O–H groups in total. The highest BCUT2D eigenvalue weighted by atomic mass is 15.2. The molecular weight excluding hydrogens is 966 g/mol. The molecule has 0 amide bonds. The largest absolute Gasteiger partial charge is 0.376 e. The monoisotopic (exact) mass is 1030 g/mol. The summed E-state index contributed by atoms with van der Waals surface area (Å²) in [5, 5.41) is 0. The SMILES string of the molecule is CC(C)(C)c1ccc(N2B3c4cccc5c4N(c4ccccc4C54c5ccccc5-c5ccccc54)c4c3c(cc3c4C(C)(C)c4ccccc4-3)-c3ccc(N(c4ccc(C(C)(C)C)cc4)c4ccc(C(C)(C)C)cc4)cc32)cc1. The van der Waals surface area contributed by atoms with Gasteiger partial charge in [-0.2, -0.15) is 0 Å². The standard InChI is InChI=1S/C76H68BN3/c1-72(2,3)47-31-37-50(38-32-47)78(51-39-33-48(34-40-51)73(4,5)6)53-43-44-57-59-46-58-56-23-12-15-24-60(56)75(10,11)68(58)71-69(59)77(80(67(57)45-53)52-41-35-49(36-42-52)74(7,8)9)65-29-20-28-64-70(65)79(71)66-30-19-18-27-63(66)76(64)61-25-16-13-21-54(61)55-22-14-17-26-62(55)76/h12-46H,1-11H3. The van der Waals surface area contributed by atoms with Crippen LogP contribution in [0.5, 0.6) is 0 Å². The van der Waals surface area contributed by atoms with Crippen LogP contribution in [0, 0.1) is 0 Å². The Hall–Kier alpha value is -8.34. The topological polar surface area (TPSA) is 9.72 Å². The zero-order valence-electron chi connectivity index (χ0n) is 48.1. The Labute approximate surface area is 474 Å². The van der Waals surface area contributed by atoms with Crippen molar-refractivity contribution < 1.29 is 0 Å². The van der Waals surface area contributed by atoms with E-state index in [0.29, 0.717) is 0 Å². The second-order valence-corrected chi connectivity index (χ2v) is 26.9. The average Bonchev–Trinajstić information content (AvgIpc) is 3.06. The normalized spacial score (nSPS) is 15.3. The number of fused-ring (bicyclic) bond motifs is 17. The zero-order valence-corrected chi connectivity index (χ0v) is 48.1. The predicted molar refractivity (Wildman–Crippen MR) is 339 cm³/mol. The van der Waals surface area contributed by atoms with Crippen LogP contribution in [0.15, 0.2) is 212 Å². The third-order valence-electron chi connectivity index (χ3n) is 18.9. The molecule has 80 heavy (non-hydrogen) atoms. The van der Waals surface area contributed by atoms with Crippen molar-refractivity contribution in [3.63, 3.8) is 0 Å². The molecule has 3 heterocycles. The summed E-state index contributed by atoms with van der Waals surface area (Å²) in [4.78, 5) is 7.96. The molecule has 4 heteroatoms. The summed E-state index contributed by atoms with van der Waals surface area (Å²) in [7, 11) is 0. The van der Waals surface area contributed by atoms with Gasteiger partial charge in [0, 0.05) is 50.8 Å². The quantitative estimate of drug-likeness (QED) is 0.163. The molecule has 5 aliphatic rings. The Morgan fingerprint density at radius 2 is 0.850 bits per heavy atom. The second kappa shape index (κ2) is 16.6. The van der Waals surface area contributed by atoms with Gasteiger partial charge in [0.1, 0.15) is 0 Å². The van der Waals surface area contributed by atoms with E-state index in [1.54, 1.807) is 0 Å². The van der Waals surface area contributed by atoms with Gasteiger partial charge in [0.15, 0.2) is 0 Å². The first-order chi connectivity index (χ1) is 38.4. The fourth-order valence-corrected chi connectivity index (χ4v) is 15.0. The van der Waals surface area contributed by atoms with Crippen molar-refractivity contribution in [1.82, 2.24) is 0 Å². The number of nitrogens with zero attached hydrogens (tertiary/aromatic N) is 3. The molecule has 15 rings (SSSR count). The van der Waals surface area contributed by atoms with E-state index in [4.69, 9.17) is 0 Å². The number of para-hydroxylation sites is 2. The van der Waals surface area contributed by atoms with Crippen LogP contribution in [-0.2, 0) is 27.1 Å². The summed E-state index contributed by atoms with van der Waals surface area (Å²) >= 11 is 0. The van der Waals surface area contributed by atoms with Gasteiger partial charge in [-0.3, -0.25) is 0 Å². The molecular formula is C76H68BN3. The van der Waals surface area contributed by atoms with Crippen LogP contribution in [0.4, 0.5) is 45.5 Å². The number of rotatable bonds is 4. The lowest BCUT2D eigenvalue weighted by Crippen LogP contribution is -2.63. The summed E-state index contributed by atoms with van der Waals surface area (Å²) in [5.74, 6) is 0. The minimum absolute atomic E-state index is 0.0165. The zero-order chi connectivity index (χ0) is 55.0. The lowest BCUT2D eigenvalue weighted by Gasteiger charge is -2.52. The molecule has 10 aromatic carbocycles. The molecule has 3 nitrogen and oxygen atoms in total. The molecule has 0 saturated heterocycles. The molecule has 0 unspecified atom stereocenters. The molecule has 0 saturated carbocycles. The van der Waals surface area contributed by atoms with Crippen molar-refractivity contribution in [2.45, 2.75) is 103 Å². The number of anilines is 8. The van der Waals surface area contributed by atoms with Crippen molar-refractivity contribution in [3.8, 4) is 33.4 Å². The van der Waals surface area contributed by atoms with Gasteiger partial charge in [-0.1, -0.05) is 228 Å². The first-order valence-corrected chi connectivity index (χ1v) is 29.0. The van der Waals surface area contributed by atoms with Gasteiger partial charge < -0.3 is 14.6 Å². The van der Waals surface area contributed by atoms with E-state index in [-0.39, 0.29) is 28.5 Å². The van der Waals surface area contributed by atoms with Crippen LogP contribution in [0.25, 0.3) is 33.4 Å². The van der Waals surface area contributed by atoms with Crippen molar-refractivity contribution >= 4 is 63.3 Å². The van der Waals surface area contributed by atoms with E-state index in [2.05, 4.69) is 303 Å². The minimum atomic E-state index is -0.563. The van der Waals surface area contributed by atoms with Crippen LogP contribution in [0.1, 0.15) is 126 Å². The summed E-state index contributed by atoms with van der Waals surface area (Å²) in [6.07, 6.45) is 0. The van der Waals surface area contributed by atoms with Gasteiger partial charge in [0.2, 0.25) is 0 Å². The Morgan fingerprint density at radius 1 is 0.375 bits per heavy atom. The second-order valence-electron chi connectivity index (χ2n) is 26.9. The maximum absolute atomic E-state index is 2.75. The van der Waals surface area contributed by atoms with Gasteiger partial charge in [0.05, 0.1) is 11.1 Å². The van der Waals surface area contributed by atoms with Crippen LogP contribution >= 0.6 is 0 Å². The van der Waals surface area contributed by atoms with Gasteiger partial charge in [0.25, 0.3) is 0 Å². The Bertz CT molecular complexity index is 4110. The highest BCUT2D eigenvalue weighted by molar-refractivity contribution is 6.93. The summed E-state index contributed by atoms with van der Waals surface area (Å²) in [5.41, 5.74) is 31.3. The highest BCUT2D eigenvalue weighted by Gasteiger charge is 2.57. The van der Waals surface area contributed by atoms with Gasteiger partial charge in [-0.05, 0) is 166 Å². The maximum atomic E-state index is 2.75. The molecule has 390 valence electrons. The van der Waals surface area contributed by atoms with Gasteiger partial charge in [-0.15, -0.1) is 0 Å². The molecule has 0 fully saturated rings. The molecule has 0 radical (unpaired) electrons. The first-order valence-electron chi connectivity index (χ1n) is 29.0. The molecule has 2 aliphatic carbocycles. The van der Waals surface area contributed by atoms with E-state index in [0.717, 1.165) is 17.1 Å². The van der Waals surface area contributed by atoms with Crippen LogP contribution in [0.3, 0.4) is 0 Å². The van der Waals surface area contributed by atoms with E-state index in [1.807, 2.05) is 0 Å². The summed E-state index contributed by atoms with van der Waals surface area (Å²) in [6.45, 7) is 25.5. The van der Waals surface area contributed by atoms with E-state index in [9.17, 15) is 0 Å². The van der Waals surface area contributed by atoms with Crippen LogP contribution in [-0.4, -0.2) is 6.85 Å². The van der Waals surface area contributed by atoms with E-state index >= 15 is 0 Å². The van der Waals surface area contributed by atoms with Crippen molar-refractivity contribution in [2.75, 3.05) is 14.6 Å². The van der Waals surface area contributed by atoms with Gasteiger partial charge >= 0.3 is 6.85 Å². The average molecular weight is 1030 g/mol. The summed E-state index contributed by atoms with van der Waals surface area (Å²) in [6, 6.07) is 82.5. The third kappa shape index (κ3) is 6.62. The fraction of sp³-hybridized carbons (Fsp3) is 0.211. The third-order valence-corrected chi connectivity index (χ3v) is 18.9. The highest BCUT2D eigenvalue weighted by Crippen LogP contribution is 2.66. The van der Waals surface area contributed by atoms with Crippen molar-refractivity contribution in [2.24, 2.45) is 0 Å². The number of hydrogen-bond donors (Lipinski definition) is 0. The van der Waals surface area contributed by atoms with Crippen LogP contribution < -0.4 is 25.5 Å². The molecule has 0 atom stereocenters. The maximum Gasteiger partial charge on any atom is 0.333 e. The Morgan fingerprint density at radius 3 is 1.41 bits per heavy atom. The van der Waals surface area contributed by atoms with Crippen LogP contribution in [0.2, 0.25) is 0 Å². The molecule has 1 spiro atoms. The smallest absolute Gasteiger partial charge is 0.333 e. The summed E-state index contributed by atoms with van der Waals surface area (Å²) < 4.78 is 0. The number of hydrogen-bond acceptors (Lipinski definition) is 3. The molecule has 0 bridgehead atoms. The van der Waals surface area contributed by atoms with Gasteiger partial charge in [-0.25, -0.2) is 0 Å². The lowest BCUT2D eigenvalue weighted by molar-refractivity contribution is 0.590. The molecule has 10 aromatic rings. The van der Waals surface area contributed by atoms with Crippen molar-refractivity contribution in [1.29, 1.82) is 0 Å². The van der Waals surface area contributed by atoms with E-state index in [1.165, 1.54) is 123 Å². The van der Waals surface area contributed by atoms with Crippen molar-refractivity contribution in [3.05, 3.63) is 262 Å². The Kier molecular flexibility index (Phi) is 10.1. The number of benzene rings is 10.